The van der Waals surface area contributed by atoms with Gasteiger partial charge in [0.25, 0.3) is 23.6 Å². The molecule has 0 atom stereocenters. The minimum absolute atomic E-state index is 0.130. The number of para-hydroxylation sites is 1. The molecule has 2 aliphatic heterocycles. The molecular formula is C29H22N2O6. The number of imide groups is 2. The second-order valence-electron chi connectivity index (χ2n) is 8.71. The number of ether oxygens (including phenoxy) is 2. The maximum Gasteiger partial charge on any atom is 0.258 e. The Kier molecular flexibility index (Phi) is 6.15. The van der Waals surface area contributed by atoms with Crippen molar-refractivity contribution in [2.45, 2.75) is 19.8 Å². The van der Waals surface area contributed by atoms with Gasteiger partial charge in [0.05, 0.1) is 11.4 Å². The topological polar surface area (TPSA) is 93.2 Å². The van der Waals surface area contributed by atoms with Crippen molar-refractivity contribution in [3.63, 3.8) is 0 Å². The van der Waals surface area contributed by atoms with Gasteiger partial charge in [-0.3, -0.25) is 19.2 Å². The van der Waals surface area contributed by atoms with Crippen molar-refractivity contribution in [1.82, 2.24) is 0 Å². The molecule has 8 heteroatoms. The van der Waals surface area contributed by atoms with Crippen LogP contribution in [0, 0.1) is 0 Å². The van der Waals surface area contributed by atoms with Gasteiger partial charge in [-0.15, -0.1) is 0 Å². The molecule has 0 fully saturated rings. The first kappa shape index (κ1) is 23.7. The lowest BCUT2D eigenvalue weighted by atomic mass is 10.0. The standard InChI is InChI=1S/C29H22N2O6/c1-18(2)23-4-3-5-24(36-21-10-6-19(7-11-21)30-25(32)14-15-26(30)33)29(23)37-22-12-8-20(9-13-22)31-27(34)16-17-28(31)35/h3-18H,1-2H3. The number of carbonyl (C=O) groups is 4. The van der Waals surface area contributed by atoms with E-state index in [9.17, 15) is 19.2 Å². The van der Waals surface area contributed by atoms with Crippen LogP contribution in [0.5, 0.6) is 23.0 Å². The number of nitrogens with zero attached hydrogens (tertiary/aromatic N) is 2. The Morgan fingerprint density at radius 3 is 1.43 bits per heavy atom. The van der Waals surface area contributed by atoms with Gasteiger partial charge in [0.15, 0.2) is 11.5 Å². The fourth-order valence-electron chi connectivity index (χ4n) is 4.06. The zero-order valence-corrected chi connectivity index (χ0v) is 20.1. The highest BCUT2D eigenvalue weighted by atomic mass is 16.5. The maximum absolute atomic E-state index is 12.0. The SMILES string of the molecule is CC(C)c1cccc(Oc2ccc(N3C(=O)C=CC3=O)cc2)c1Oc1ccc(N2C(=O)C=CC2=O)cc1. The van der Waals surface area contributed by atoms with E-state index in [2.05, 4.69) is 0 Å². The molecule has 2 heterocycles. The van der Waals surface area contributed by atoms with Crippen molar-refractivity contribution in [2.24, 2.45) is 0 Å². The molecule has 0 saturated carbocycles. The molecule has 0 saturated heterocycles. The van der Waals surface area contributed by atoms with Crippen LogP contribution in [-0.2, 0) is 19.2 Å². The fourth-order valence-corrected chi connectivity index (χ4v) is 4.06. The highest BCUT2D eigenvalue weighted by molar-refractivity contribution is 6.28. The normalized spacial score (nSPS) is 14.9. The van der Waals surface area contributed by atoms with Gasteiger partial charge in [0.2, 0.25) is 0 Å². The molecule has 8 nitrogen and oxygen atoms in total. The first-order valence-electron chi connectivity index (χ1n) is 11.6. The number of rotatable bonds is 7. The van der Waals surface area contributed by atoms with Crippen molar-refractivity contribution in [1.29, 1.82) is 0 Å². The lowest BCUT2D eigenvalue weighted by Gasteiger charge is -2.19. The summed E-state index contributed by atoms with van der Waals surface area (Å²) in [4.78, 5) is 50.0. The van der Waals surface area contributed by atoms with Gasteiger partial charge in [0, 0.05) is 29.9 Å². The molecule has 0 aromatic heterocycles. The third-order valence-electron chi connectivity index (χ3n) is 5.89. The van der Waals surface area contributed by atoms with Crippen LogP contribution in [0.15, 0.2) is 91.0 Å². The Hall–Kier alpha value is -4.98. The first-order valence-corrected chi connectivity index (χ1v) is 11.6. The highest BCUT2D eigenvalue weighted by Crippen LogP contribution is 2.41. The van der Waals surface area contributed by atoms with Gasteiger partial charge in [-0.25, -0.2) is 9.80 Å². The number of anilines is 2. The first-order chi connectivity index (χ1) is 17.8. The molecule has 0 N–H and O–H groups in total. The summed E-state index contributed by atoms with van der Waals surface area (Å²) in [5.41, 5.74) is 1.82. The van der Waals surface area contributed by atoms with Crippen LogP contribution in [0.1, 0.15) is 25.3 Å². The minimum atomic E-state index is -0.389. The minimum Gasteiger partial charge on any atom is -0.453 e. The number of benzene rings is 3. The Morgan fingerprint density at radius 1 is 0.568 bits per heavy atom. The van der Waals surface area contributed by atoms with Gasteiger partial charge < -0.3 is 9.47 Å². The van der Waals surface area contributed by atoms with E-state index in [4.69, 9.17) is 9.47 Å². The molecule has 3 aromatic rings. The molecule has 0 bridgehead atoms. The molecule has 3 aromatic carbocycles. The van der Waals surface area contributed by atoms with E-state index in [1.807, 2.05) is 26.0 Å². The second kappa shape index (κ2) is 9.58. The highest BCUT2D eigenvalue weighted by Gasteiger charge is 2.26. The van der Waals surface area contributed by atoms with E-state index in [0.29, 0.717) is 34.4 Å². The van der Waals surface area contributed by atoms with Crippen molar-refractivity contribution >= 4 is 35.0 Å². The van der Waals surface area contributed by atoms with Crippen LogP contribution >= 0.6 is 0 Å². The van der Waals surface area contributed by atoms with Gasteiger partial charge in [-0.2, -0.15) is 0 Å². The molecule has 0 radical (unpaired) electrons. The zero-order chi connectivity index (χ0) is 26.1. The summed E-state index contributed by atoms with van der Waals surface area (Å²) in [5.74, 6) is 0.578. The summed E-state index contributed by atoms with van der Waals surface area (Å²) in [5, 5.41) is 0. The summed E-state index contributed by atoms with van der Waals surface area (Å²) in [6.45, 7) is 4.08. The average Bonchev–Trinajstić information content (AvgIpc) is 3.40. The van der Waals surface area contributed by atoms with Gasteiger partial charge in [-0.05, 0) is 60.5 Å². The second-order valence-corrected chi connectivity index (χ2v) is 8.71. The van der Waals surface area contributed by atoms with E-state index in [1.54, 1.807) is 54.6 Å². The summed E-state index contributed by atoms with van der Waals surface area (Å²) in [6, 6.07) is 18.9. The van der Waals surface area contributed by atoms with Crippen molar-refractivity contribution in [2.75, 3.05) is 9.80 Å². The van der Waals surface area contributed by atoms with Crippen molar-refractivity contribution in [3.05, 3.63) is 96.6 Å². The van der Waals surface area contributed by atoms with Gasteiger partial charge >= 0.3 is 0 Å². The molecule has 5 rings (SSSR count). The van der Waals surface area contributed by atoms with Crippen molar-refractivity contribution in [3.8, 4) is 23.0 Å². The van der Waals surface area contributed by atoms with Gasteiger partial charge in [-0.1, -0.05) is 26.0 Å². The lowest BCUT2D eigenvalue weighted by molar-refractivity contribution is -0.121. The smallest absolute Gasteiger partial charge is 0.258 e. The van der Waals surface area contributed by atoms with Crippen LogP contribution in [0.4, 0.5) is 11.4 Å². The Morgan fingerprint density at radius 2 is 1.00 bits per heavy atom. The molecule has 37 heavy (non-hydrogen) atoms. The number of amides is 4. The predicted molar refractivity (Wildman–Crippen MR) is 137 cm³/mol. The van der Waals surface area contributed by atoms with Crippen LogP contribution in [0.25, 0.3) is 0 Å². The quantitative estimate of drug-likeness (QED) is 0.417. The average molecular weight is 495 g/mol. The molecule has 2 aliphatic rings. The molecule has 0 unspecified atom stereocenters. The summed E-state index contributed by atoms with van der Waals surface area (Å²) in [7, 11) is 0. The van der Waals surface area contributed by atoms with E-state index < -0.39 is 0 Å². The number of carbonyl (C=O) groups excluding carboxylic acids is 4. The Balaban J connectivity index is 1.39. The molecule has 0 spiro atoms. The molecule has 0 aliphatic carbocycles. The van der Waals surface area contributed by atoms with E-state index in [0.717, 1.165) is 15.4 Å². The van der Waals surface area contributed by atoms with E-state index in [1.165, 1.54) is 24.3 Å². The fraction of sp³-hybridized carbons (Fsp3) is 0.103. The summed E-state index contributed by atoms with van der Waals surface area (Å²) >= 11 is 0. The maximum atomic E-state index is 12.0. The summed E-state index contributed by atoms with van der Waals surface area (Å²) in [6.07, 6.45) is 4.94. The van der Waals surface area contributed by atoms with Crippen LogP contribution in [0.2, 0.25) is 0 Å². The van der Waals surface area contributed by atoms with Crippen LogP contribution in [-0.4, -0.2) is 23.6 Å². The van der Waals surface area contributed by atoms with Crippen LogP contribution < -0.4 is 19.3 Å². The van der Waals surface area contributed by atoms with E-state index >= 15 is 0 Å². The lowest BCUT2D eigenvalue weighted by Crippen LogP contribution is -2.29. The number of hydrogen-bond acceptors (Lipinski definition) is 6. The monoisotopic (exact) mass is 494 g/mol. The predicted octanol–water partition coefficient (Wildman–Crippen LogP) is 5.25. The van der Waals surface area contributed by atoms with Crippen LogP contribution in [0.3, 0.4) is 0 Å². The zero-order valence-electron chi connectivity index (χ0n) is 20.1. The Labute approximate surface area is 213 Å². The third-order valence-corrected chi connectivity index (χ3v) is 5.89. The Bertz CT molecular complexity index is 1430. The third kappa shape index (κ3) is 4.64. The largest absolute Gasteiger partial charge is 0.453 e. The molecular weight excluding hydrogens is 472 g/mol. The van der Waals surface area contributed by atoms with Gasteiger partial charge in [0.1, 0.15) is 11.5 Å². The summed E-state index contributed by atoms with van der Waals surface area (Å²) < 4.78 is 12.4. The molecule has 184 valence electrons. The molecule has 4 amide bonds. The van der Waals surface area contributed by atoms with E-state index in [-0.39, 0.29) is 29.5 Å². The number of hydrogen-bond donors (Lipinski definition) is 0. The van der Waals surface area contributed by atoms with Crippen molar-refractivity contribution < 1.29 is 28.7 Å².